The number of carboxylic acids is 1. The van der Waals surface area contributed by atoms with Crippen LogP contribution < -0.4 is 4.74 Å². The second kappa shape index (κ2) is 6.00. The van der Waals surface area contributed by atoms with Crippen LogP contribution in [0.15, 0.2) is 48.7 Å². The first kappa shape index (κ1) is 14.9. The largest absolute Gasteiger partial charge is 0.486 e. The summed E-state index contributed by atoms with van der Waals surface area (Å²) in [7, 11) is 0. The molecule has 1 aromatic heterocycles. The molecule has 0 spiro atoms. The van der Waals surface area contributed by atoms with Crippen LogP contribution in [-0.4, -0.2) is 16.1 Å². The second-order valence-corrected chi connectivity index (χ2v) is 4.85. The van der Waals surface area contributed by atoms with Crippen molar-refractivity contribution in [1.82, 2.24) is 4.98 Å². The summed E-state index contributed by atoms with van der Waals surface area (Å²) in [5, 5.41) is 9.54. The number of rotatable bonds is 4. The van der Waals surface area contributed by atoms with Crippen LogP contribution in [0.3, 0.4) is 0 Å². The van der Waals surface area contributed by atoms with Gasteiger partial charge in [0.2, 0.25) is 0 Å². The van der Waals surface area contributed by atoms with Crippen molar-refractivity contribution in [2.24, 2.45) is 0 Å². The highest BCUT2D eigenvalue weighted by molar-refractivity contribution is 5.94. The molecular weight excluding hydrogens is 304 g/mol. The summed E-state index contributed by atoms with van der Waals surface area (Å²) in [4.78, 5) is 15.0. The lowest BCUT2D eigenvalue weighted by Gasteiger charge is -2.10. The molecule has 3 rings (SSSR count). The Hall–Kier alpha value is -3.02. The van der Waals surface area contributed by atoms with Crippen molar-refractivity contribution in [3.63, 3.8) is 0 Å². The predicted molar refractivity (Wildman–Crippen MR) is 79.4 cm³/mol. The van der Waals surface area contributed by atoms with E-state index < -0.39 is 17.6 Å². The number of para-hydroxylation sites is 1. The number of carbonyl (C=O) groups is 1. The SMILES string of the molecule is O=C(O)c1cnc2c(OCc3c(F)cccc3F)cccc2c1. The van der Waals surface area contributed by atoms with E-state index >= 15 is 0 Å². The minimum absolute atomic E-state index is 0.0507. The molecule has 0 amide bonds. The van der Waals surface area contributed by atoms with E-state index in [1.807, 2.05) is 0 Å². The minimum Gasteiger partial charge on any atom is -0.486 e. The fraction of sp³-hybridized carbons (Fsp3) is 0.0588. The molecule has 6 heteroatoms. The van der Waals surface area contributed by atoms with Gasteiger partial charge in [-0.2, -0.15) is 0 Å². The monoisotopic (exact) mass is 315 g/mol. The molecule has 0 saturated heterocycles. The van der Waals surface area contributed by atoms with Gasteiger partial charge in [-0.15, -0.1) is 0 Å². The van der Waals surface area contributed by atoms with Gasteiger partial charge in [0.25, 0.3) is 0 Å². The van der Waals surface area contributed by atoms with Crippen molar-refractivity contribution in [2.45, 2.75) is 6.61 Å². The fourth-order valence-corrected chi connectivity index (χ4v) is 2.19. The van der Waals surface area contributed by atoms with Gasteiger partial charge >= 0.3 is 5.97 Å². The molecule has 23 heavy (non-hydrogen) atoms. The zero-order valence-corrected chi connectivity index (χ0v) is 11.8. The Morgan fingerprint density at radius 3 is 2.52 bits per heavy atom. The Bertz CT molecular complexity index is 876. The number of pyridine rings is 1. The zero-order valence-electron chi connectivity index (χ0n) is 11.8. The number of ether oxygens (including phenoxy) is 1. The average Bonchev–Trinajstić information content (AvgIpc) is 2.54. The van der Waals surface area contributed by atoms with Crippen LogP contribution in [0.4, 0.5) is 8.78 Å². The molecule has 0 bridgehead atoms. The number of halogens is 2. The van der Waals surface area contributed by atoms with Crippen molar-refractivity contribution in [1.29, 1.82) is 0 Å². The lowest BCUT2D eigenvalue weighted by Crippen LogP contribution is -2.03. The Morgan fingerprint density at radius 1 is 1.13 bits per heavy atom. The van der Waals surface area contributed by atoms with Crippen LogP contribution >= 0.6 is 0 Å². The molecule has 0 aliphatic rings. The van der Waals surface area contributed by atoms with Gasteiger partial charge < -0.3 is 9.84 Å². The van der Waals surface area contributed by atoms with E-state index in [2.05, 4.69) is 4.98 Å². The summed E-state index contributed by atoms with van der Waals surface area (Å²) >= 11 is 0. The summed E-state index contributed by atoms with van der Waals surface area (Å²) in [6.07, 6.45) is 1.21. The van der Waals surface area contributed by atoms with Crippen LogP contribution in [0.1, 0.15) is 15.9 Å². The lowest BCUT2D eigenvalue weighted by atomic mass is 10.1. The van der Waals surface area contributed by atoms with E-state index in [0.717, 1.165) is 12.1 Å². The number of fused-ring (bicyclic) bond motifs is 1. The number of hydrogen-bond donors (Lipinski definition) is 1. The summed E-state index contributed by atoms with van der Waals surface area (Å²) < 4.78 is 32.7. The second-order valence-electron chi connectivity index (χ2n) is 4.85. The van der Waals surface area contributed by atoms with Crippen molar-refractivity contribution in [3.05, 3.63) is 71.4 Å². The van der Waals surface area contributed by atoms with Crippen molar-refractivity contribution in [3.8, 4) is 5.75 Å². The number of benzene rings is 2. The van der Waals surface area contributed by atoms with E-state index in [1.54, 1.807) is 18.2 Å². The third kappa shape index (κ3) is 2.96. The molecule has 0 atom stereocenters. The first-order valence-corrected chi connectivity index (χ1v) is 6.74. The maximum absolute atomic E-state index is 13.6. The molecule has 1 heterocycles. The fourth-order valence-electron chi connectivity index (χ4n) is 2.19. The van der Waals surface area contributed by atoms with Gasteiger partial charge in [0.1, 0.15) is 29.5 Å². The smallest absolute Gasteiger partial charge is 0.337 e. The van der Waals surface area contributed by atoms with Crippen LogP contribution in [0.5, 0.6) is 5.75 Å². The predicted octanol–water partition coefficient (Wildman–Crippen LogP) is 3.79. The topological polar surface area (TPSA) is 59.4 Å². The van der Waals surface area contributed by atoms with Gasteiger partial charge in [0.05, 0.1) is 11.1 Å². The van der Waals surface area contributed by atoms with Crippen LogP contribution in [0.2, 0.25) is 0 Å². The van der Waals surface area contributed by atoms with Gasteiger partial charge in [-0.1, -0.05) is 18.2 Å². The van der Waals surface area contributed by atoms with E-state index in [9.17, 15) is 13.6 Å². The van der Waals surface area contributed by atoms with Gasteiger partial charge in [-0.25, -0.2) is 13.6 Å². The van der Waals surface area contributed by atoms with Crippen molar-refractivity contribution < 1.29 is 23.4 Å². The molecule has 0 aliphatic carbocycles. The molecule has 0 saturated carbocycles. The first-order valence-electron chi connectivity index (χ1n) is 6.74. The van der Waals surface area contributed by atoms with Crippen molar-refractivity contribution in [2.75, 3.05) is 0 Å². The third-order valence-electron chi connectivity index (χ3n) is 3.35. The Labute approximate surface area is 130 Å². The van der Waals surface area contributed by atoms with E-state index in [4.69, 9.17) is 9.84 Å². The minimum atomic E-state index is -1.08. The number of carboxylic acid groups (broad SMARTS) is 1. The average molecular weight is 315 g/mol. The number of hydrogen-bond acceptors (Lipinski definition) is 3. The number of nitrogens with zero attached hydrogens (tertiary/aromatic N) is 1. The highest BCUT2D eigenvalue weighted by Crippen LogP contribution is 2.25. The van der Waals surface area contributed by atoms with Crippen LogP contribution in [-0.2, 0) is 6.61 Å². The third-order valence-corrected chi connectivity index (χ3v) is 3.35. The molecule has 0 radical (unpaired) electrons. The normalized spacial score (nSPS) is 10.7. The van der Waals surface area contributed by atoms with E-state index in [-0.39, 0.29) is 17.7 Å². The Kier molecular flexibility index (Phi) is 3.89. The van der Waals surface area contributed by atoms with E-state index in [0.29, 0.717) is 16.7 Å². The Morgan fingerprint density at radius 2 is 1.83 bits per heavy atom. The molecule has 2 aromatic carbocycles. The molecular formula is C17H11F2NO3. The quantitative estimate of drug-likeness (QED) is 0.796. The standard InChI is InChI=1S/C17H11F2NO3/c18-13-4-2-5-14(19)12(13)9-23-15-6-1-3-10-7-11(17(21)22)8-20-16(10)15/h1-8H,9H2,(H,21,22). The molecule has 0 aliphatic heterocycles. The molecule has 116 valence electrons. The Balaban J connectivity index is 1.93. The summed E-state index contributed by atoms with van der Waals surface area (Å²) in [6.45, 7) is -0.292. The van der Waals surface area contributed by atoms with E-state index in [1.165, 1.54) is 18.3 Å². The van der Waals surface area contributed by atoms with Gasteiger partial charge in [0, 0.05) is 11.6 Å². The lowest BCUT2D eigenvalue weighted by molar-refractivity contribution is 0.0696. The molecule has 1 N–H and O–H groups in total. The highest BCUT2D eigenvalue weighted by Gasteiger charge is 2.12. The number of aromatic nitrogens is 1. The van der Waals surface area contributed by atoms with Crippen molar-refractivity contribution >= 4 is 16.9 Å². The van der Waals surface area contributed by atoms with Gasteiger partial charge in [-0.3, -0.25) is 4.98 Å². The maximum Gasteiger partial charge on any atom is 0.337 e. The number of aromatic carboxylic acids is 1. The van der Waals surface area contributed by atoms with Crippen LogP contribution in [0.25, 0.3) is 10.9 Å². The maximum atomic E-state index is 13.6. The molecule has 4 nitrogen and oxygen atoms in total. The van der Waals surface area contributed by atoms with Gasteiger partial charge in [0.15, 0.2) is 0 Å². The summed E-state index contributed by atoms with van der Waals surface area (Å²) in [5.74, 6) is -2.14. The zero-order chi connectivity index (χ0) is 16.4. The summed E-state index contributed by atoms with van der Waals surface area (Å²) in [5.41, 5.74) is 0.302. The van der Waals surface area contributed by atoms with Crippen LogP contribution in [0, 0.1) is 11.6 Å². The highest BCUT2D eigenvalue weighted by atomic mass is 19.1. The molecule has 3 aromatic rings. The van der Waals surface area contributed by atoms with Gasteiger partial charge in [-0.05, 0) is 24.3 Å². The molecule has 0 unspecified atom stereocenters. The molecule has 0 fully saturated rings. The first-order chi connectivity index (χ1) is 11.1. The summed E-state index contributed by atoms with van der Waals surface area (Å²) in [6, 6.07) is 10.00.